The molecule has 0 fully saturated rings. The predicted octanol–water partition coefficient (Wildman–Crippen LogP) is 4.64. The quantitative estimate of drug-likeness (QED) is 0.466. The molecule has 1 N–H and O–H groups in total. The molecular formula is C24H18FN5O. The topological polar surface area (TPSA) is 72.7 Å². The van der Waals surface area contributed by atoms with Crippen molar-refractivity contribution < 1.29 is 4.39 Å². The Morgan fingerprint density at radius 1 is 0.968 bits per heavy atom. The van der Waals surface area contributed by atoms with E-state index in [2.05, 4.69) is 20.3 Å². The van der Waals surface area contributed by atoms with Crippen molar-refractivity contribution in [2.24, 2.45) is 0 Å². The van der Waals surface area contributed by atoms with Crippen LogP contribution in [0, 0.1) is 5.82 Å². The predicted molar refractivity (Wildman–Crippen MR) is 119 cm³/mol. The zero-order valence-electron chi connectivity index (χ0n) is 16.7. The Labute approximate surface area is 177 Å². The Bertz CT molecular complexity index is 1460. The van der Waals surface area contributed by atoms with Crippen LogP contribution in [0.2, 0.25) is 0 Å². The number of anilines is 1. The lowest BCUT2D eigenvalue weighted by Gasteiger charge is -2.21. The zero-order chi connectivity index (χ0) is 21.4. The normalized spacial score (nSPS) is 12.2. The third-order valence-electron chi connectivity index (χ3n) is 5.21. The molecule has 0 amide bonds. The first-order valence-corrected chi connectivity index (χ1v) is 9.85. The van der Waals surface area contributed by atoms with Gasteiger partial charge in [-0.2, -0.15) is 0 Å². The first-order chi connectivity index (χ1) is 15.1. The summed E-state index contributed by atoms with van der Waals surface area (Å²) in [6.07, 6.45) is 3.15. The van der Waals surface area contributed by atoms with Crippen molar-refractivity contribution in [2.75, 3.05) is 5.32 Å². The van der Waals surface area contributed by atoms with Gasteiger partial charge in [-0.15, -0.1) is 0 Å². The van der Waals surface area contributed by atoms with E-state index < -0.39 is 0 Å². The average Bonchev–Trinajstić information content (AvgIpc) is 2.79. The standard InChI is InChI=1S/C24H18FN5O/c1-15(29-23-22-20(27-14-28-23)8-5-11-26-22)21-13-16-12-17(25)9-10-19(16)24(31)30(21)18-6-3-2-4-7-18/h2-15H,1H3,(H,27,28,29)/t15-/m0/s1. The summed E-state index contributed by atoms with van der Waals surface area (Å²) < 4.78 is 15.5. The Morgan fingerprint density at radius 3 is 2.65 bits per heavy atom. The third-order valence-corrected chi connectivity index (χ3v) is 5.21. The Kier molecular flexibility index (Phi) is 4.63. The summed E-state index contributed by atoms with van der Waals surface area (Å²) in [5.41, 5.74) is 2.55. The Hall–Kier alpha value is -4.13. The number of benzene rings is 2. The van der Waals surface area contributed by atoms with Crippen molar-refractivity contribution in [1.29, 1.82) is 0 Å². The van der Waals surface area contributed by atoms with Gasteiger partial charge in [-0.05, 0) is 60.8 Å². The van der Waals surface area contributed by atoms with Crippen LogP contribution >= 0.6 is 0 Å². The highest BCUT2D eigenvalue weighted by Crippen LogP contribution is 2.26. The van der Waals surface area contributed by atoms with E-state index in [9.17, 15) is 9.18 Å². The fraction of sp³-hybridized carbons (Fsp3) is 0.0833. The summed E-state index contributed by atoms with van der Waals surface area (Å²) >= 11 is 0. The van der Waals surface area contributed by atoms with Gasteiger partial charge in [0.15, 0.2) is 5.82 Å². The monoisotopic (exact) mass is 411 g/mol. The van der Waals surface area contributed by atoms with Gasteiger partial charge in [-0.25, -0.2) is 14.4 Å². The number of hydrogen-bond donors (Lipinski definition) is 1. The van der Waals surface area contributed by atoms with Crippen molar-refractivity contribution in [3.8, 4) is 5.69 Å². The van der Waals surface area contributed by atoms with E-state index in [1.165, 1.54) is 24.5 Å². The highest BCUT2D eigenvalue weighted by molar-refractivity contribution is 5.85. The van der Waals surface area contributed by atoms with Gasteiger partial charge in [0.1, 0.15) is 17.7 Å². The van der Waals surface area contributed by atoms with E-state index in [-0.39, 0.29) is 17.4 Å². The molecule has 5 aromatic rings. The van der Waals surface area contributed by atoms with Crippen LogP contribution < -0.4 is 10.9 Å². The van der Waals surface area contributed by atoms with Gasteiger partial charge < -0.3 is 5.32 Å². The SMILES string of the molecule is C[C@H](Nc1ncnc2cccnc12)c1cc2cc(F)ccc2c(=O)n1-c1ccccc1. The van der Waals surface area contributed by atoms with Crippen LogP contribution in [0.5, 0.6) is 0 Å². The van der Waals surface area contributed by atoms with Crippen LogP contribution in [-0.4, -0.2) is 19.5 Å². The van der Waals surface area contributed by atoms with Gasteiger partial charge in [0.05, 0.1) is 11.6 Å². The van der Waals surface area contributed by atoms with Crippen LogP contribution in [-0.2, 0) is 0 Å². The van der Waals surface area contributed by atoms with Crippen LogP contribution in [0.25, 0.3) is 27.5 Å². The van der Waals surface area contributed by atoms with Crippen molar-refractivity contribution in [3.05, 3.63) is 101 Å². The lowest BCUT2D eigenvalue weighted by molar-refractivity contribution is 0.629. The molecule has 0 radical (unpaired) electrons. The summed E-state index contributed by atoms with van der Waals surface area (Å²) in [4.78, 5) is 26.4. The van der Waals surface area contributed by atoms with E-state index in [0.717, 1.165) is 5.69 Å². The van der Waals surface area contributed by atoms with Crippen molar-refractivity contribution in [2.45, 2.75) is 13.0 Å². The minimum Gasteiger partial charge on any atom is -0.360 e. The maximum atomic E-state index is 13.9. The molecule has 5 rings (SSSR count). The zero-order valence-corrected chi connectivity index (χ0v) is 16.7. The number of hydrogen-bond acceptors (Lipinski definition) is 5. The molecule has 6 nitrogen and oxygen atoms in total. The smallest absolute Gasteiger partial charge is 0.263 e. The summed E-state index contributed by atoms with van der Waals surface area (Å²) in [6.45, 7) is 1.93. The van der Waals surface area contributed by atoms with Crippen LogP contribution in [0.3, 0.4) is 0 Å². The van der Waals surface area contributed by atoms with E-state index >= 15 is 0 Å². The first-order valence-electron chi connectivity index (χ1n) is 9.85. The molecule has 0 bridgehead atoms. The number of nitrogens with zero attached hydrogens (tertiary/aromatic N) is 4. The summed E-state index contributed by atoms with van der Waals surface area (Å²) in [7, 11) is 0. The van der Waals surface area contributed by atoms with E-state index in [1.54, 1.807) is 10.8 Å². The first kappa shape index (κ1) is 18.9. The molecule has 0 unspecified atom stereocenters. The summed E-state index contributed by atoms with van der Waals surface area (Å²) in [5.74, 6) is 0.173. The number of para-hydroxylation sites is 1. The number of fused-ring (bicyclic) bond motifs is 2. The largest absolute Gasteiger partial charge is 0.360 e. The maximum Gasteiger partial charge on any atom is 0.263 e. The van der Waals surface area contributed by atoms with Gasteiger partial charge in [-0.1, -0.05) is 18.2 Å². The second kappa shape index (κ2) is 7.60. The van der Waals surface area contributed by atoms with Crippen LogP contribution in [0.15, 0.2) is 84.0 Å². The maximum absolute atomic E-state index is 13.9. The minimum atomic E-state index is -0.387. The molecule has 3 aromatic heterocycles. The van der Waals surface area contributed by atoms with Gasteiger partial charge in [0.2, 0.25) is 0 Å². The van der Waals surface area contributed by atoms with Gasteiger partial charge >= 0.3 is 0 Å². The van der Waals surface area contributed by atoms with Crippen LogP contribution in [0.1, 0.15) is 18.7 Å². The fourth-order valence-corrected chi connectivity index (χ4v) is 3.75. The fourth-order valence-electron chi connectivity index (χ4n) is 3.75. The molecule has 3 heterocycles. The molecule has 2 aromatic carbocycles. The molecule has 0 aliphatic carbocycles. The number of halogens is 1. The Balaban J connectivity index is 1.70. The molecule has 0 aliphatic heterocycles. The molecule has 0 saturated heterocycles. The molecule has 152 valence electrons. The molecule has 0 saturated carbocycles. The lowest BCUT2D eigenvalue weighted by Crippen LogP contribution is -2.25. The van der Waals surface area contributed by atoms with Crippen molar-refractivity contribution in [3.63, 3.8) is 0 Å². The second-order valence-corrected chi connectivity index (χ2v) is 7.24. The van der Waals surface area contributed by atoms with Gasteiger partial charge in [0, 0.05) is 23.0 Å². The van der Waals surface area contributed by atoms with E-state index in [0.29, 0.717) is 33.3 Å². The third kappa shape index (κ3) is 3.40. The molecule has 1 atom stereocenters. The summed E-state index contributed by atoms with van der Waals surface area (Å²) in [5, 5.41) is 4.35. The highest BCUT2D eigenvalue weighted by atomic mass is 19.1. The van der Waals surface area contributed by atoms with E-state index in [1.807, 2.05) is 55.5 Å². The Morgan fingerprint density at radius 2 is 1.81 bits per heavy atom. The molecule has 0 spiro atoms. The highest BCUT2D eigenvalue weighted by Gasteiger charge is 2.18. The molecule has 31 heavy (non-hydrogen) atoms. The average molecular weight is 411 g/mol. The number of nitrogens with one attached hydrogen (secondary N) is 1. The molecule has 0 aliphatic rings. The number of rotatable bonds is 4. The van der Waals surface area contributed by atoms with Crippen molar-refractivity contribution in [1.82, 2.24) is 19.5 Å². The number of aromatic nitrogens is 4. The second-order valence-electron chi connectivity index (χ2n) is 7.24. The number of pyridine rings is 2. The van der Waals surface area contributed by atoms with E-state index in [4.69, 9.17) is 0 Å². The molecule has 7 heteroatoms. The van der Waals surface area contributed by atoms with Gasteiger partial charge in [-0.3, -0.25) is 14.3 Å². The molecular weight excluding hydrogens is 393 g/mol. The van der Waals surface area contributed by atoms with Gasteiger partial charge in [0.25, 0.3) is 5.56 Å². The van der Waals surface area contributed by atoms with Crippen molar-refractivity contribution >= 4 is 27.6 Å². The lowest BCUT2D eigenvalue weighted by atomic mass is 10.1. The minimum absolute atomic E-state index is 0.210. The summed E-state index contributed by atoms with van der Waals surface area (Å²) in [6, 6.07) is 18.8. The van der Waals surface area contributed by atoms with Crippen LogP contribution in [0.4, 0.5) is 10.2 Å².